The smallest absolute Gasteiger partial charge is 0.193 e. The number of hydrogen-bond acceptors (Lipinski definition) is 4. The van der Waals surface area contributed by atoms with Crippen LogP contribution in [-0.4, -0.2) is 28.9 Å². The number of imidazole rings is 1. The summed E-state index contributed by atoms with van der Waals surface area (Å²) in [5, 5.41) is 10.9. The Morgan fingerprint density at radius 2 is 2.26 bits per heavy atom. The largest absolute Gasteiger partial charge is 0.356 e. The molecule has 0 aromatic carbocycles. The van der Waals surface area contributed by atoms with Crippen LogP contribution in [0, 0.1) is 5.92 Å². The molecule has 7 heteroatoms. The van der Waals surface area contributed by atoms with E-state index < -0.39 is 0 Å². The Morgan fingerprint density at radius 3 is 3.00 bits per heavy atom. The van der Waals surface area contributed by atoms with Crippen LogP contribution in [0.2, 0.25) is 0 Å². The van der Waals surface area contributed by atoms with Gasteiger partial charge in [-0.25, -0.2) is 4.98 Å². The van der Waals surface area contributed by atoms with E-state index >= 15 is 0 Å². The number of guanidine groups is 1. The predicted octanol–water partition coefficient (Wildman–Crippen LogP) is 3.00. The maximum atomic E-state index is 4.56. The number of thiophene rings is 1. The minimum Gasteiger partial charge on any atom is -0.356 e. The van der Waals surface area contributed by atoms with Crippen molar-refractivity contribution in [3.8, 4) is 0 Å². The first-order valence-electron chi connectivity index (χ1n) is 7.62. The van der Waals surface area contributed by atoms with E-state index in [2.05, 4.69) is 45.0 Å². The zero-order chi connectivity index (χ0) is 16.1. The van der Waals surface area contributed by atoms with Crippen molar-refractivity contribution in [2.45, 2.75) is 19.9 Å². The first-order valence-corrected chi connectivity index (χ1v) is 9.38. The van der Waals surface area contributed by atoms with Gasteiger partial charge >= 0.3 is 0 Å². The van der Waals surface area contributed by atoms with Gasteiger partial charge in [-0.2, -0.15) is 0 Å². The van der Waals surface area contributed by atoms with Crippen molar-refractivity contribution in [2.75, 3.05) is 13.6 Å². The van der Waals surface area contributed by atoms with Gasteiger partial charge in [0.1, 0.15) is 0 Å². The quantitative estimate of drug-likeness (QED) is 0.532. The van der Waals surface area contributed by atoms with Gasteiger partial charge in [-0.3, -0.25) is 9.39 Å². The molecule has 0 aliphatic carbocycles. The van der Waals surface area contributed by atoms with Crippen LogP contribution >= 0.6 is 22.7 Å². The Bertz CT molecular complexity index is 728. The zero-order valence-corrected chi connectivity index (χ0v) is 15.0. The molecule has 0 amide bonds. The molecule has 23 heavy (non-hydrogen) atoms. The summed E-state index contributed by atoms with van der Waals surface area (Å²) >= 11 is 3.46. The van der Waals surface area contributed by atoms with Crippen molar-refractivity contribution >= 4 is 33.6 Å². The maximum absolute atomic E-state index is 4.56. The Balaban J connectivity index is 1.45. The fourth-order valence-corrected chi connectivity index (χ4v) is 3.96. The summed E-state index contributed by atoms with van der Waals surface area (Å²) in [6, 6.07) is 4.30. The van der Waals surface area contributed by atoms with Crippen LogP contribution in [-0.2, 0) is 13.0 Å². The molecule has 1 atom stereocenters. The first-order chi connectivity index (χ1) is 11.2. The number of thiazole rings is 1. The Hall–Kier alpha value is -1.86. The van der Waals surface area contributed by atoms with Crippen molar-refractivity contribution < 1.29 is 0 Å². The highest BCUT2D eigenvalue weighted by molar-refractivity contribution is 7.15. The van der Waals surface area contributed by atoms with Crippen molar-refractivity contribution in [1.29, 1.82) is 0 Å². The second kappa shape index (κ2) is 7.61. The van der Waals surface area contributed by atoms with Crippen LogP contribution < -0.4 is 10.6 Å². The predicted molar refractivity (Wildman–Crippen MR) is 98.5 cm³/mol. The summed E-state index contributed by atoms with van der Waals surface area (Å²) in [4.78, 5) is 11.3. The molecule has 122 valence electrons. The molecule has 0 aliphatic rings. The number of aromatic nitrogens is 2. The highest BCUT2D eigenvalue weighted by atomic mass is 32.1. The van der Waals surface area contributed by atoms with Crippen molar-refractivity contribution in [3.63, 3.8) is 0 Å². The highest BCUT2D eigenvalue weighted by Crippen LogP contribution is 2.14. The molecule has 3 rings (SSSR count). The maximum Gasteiger partial charge on any atom is 0.193 e. The summed E-state index contributed by atoms with van der Waals surface area (Å²) in [6.07, 6.45) is 5.17. The van der Waals surface area contributed by atoms with E-state index in [-0.39, 0.29) is 0 Å². The Kier molecular flexibility index (Phi) is 5.30. The van der Waals surface area contributed by atoms with Gasteiger partial charge in [0.25, 0.3) is 0 Å². The standard InChI is InChI=1S/C16H21N5S2/c1-12(8-14-4-3-6-22-14)9-18-15(17-2)19-10-13-11-21-5-7-23-16(21)20-13/h3-7,11-12H,8-10H2,1-2H3,(H2,17,18,19). The lowest BCUT2D eigenvalue weighted by Crippen LogP contribution is -2.39. The lowest BCUT2D eigenvalue weighted by Gasteiger charge is -2.15. The van der Waals surface area contributed by atoms with Crippen molar-refractivity contribution in [1.82, 2.24) is 20.0 Å². The number of nitrogens with zero attached hydrogens (tertiary/aromatic N) is 3. The van der Waals surface area contributed by atoms with E-state index in [4.69, 9.17) is 0 Å². The summed E-state index contributed by atoms with van der Waals surface area (Å²) < 4.78 is 2.04. The van der Waals surface area contributed by atoms with E-state index in [1.54, 1.807) is 18.4 Å². The lowest BCUT2D eigenvalue weighted by atomic mass is 10.1. The molecule has 0 aliphatic heterocycles. The summed E-state index contributed by atoms with van der Waals surface area (Å²) in [5.41, 5.74) is 1.02. The number of fused-ring (bicyclic) bond motifs is 1. The minimum absolute atomic E-state index is 0.560. The van der Waals surface area contributed by atoms with Gasteiger partial charge in [-0.1, -0.05) is 13.0 Å². The molecule has 0 saturated heterocycles. The number of nitrogens with one attached hydrogen (secondary N) is 2. The third-order valence-corrected chi connectivity index (χ3v) is 5.22. The van der Waals surface area contributed by atoms with E-state index in [1.165, 1.54) is 4.88 Å². The normalized spacial score (nSPS) is 13.4. The molecular formula is C16H21N5S2. The molecule has 3 aromatic heterocycles. The SMILES string of the molecule is CN=C(NCc1cn2ccsc2n1)NCC(C)Cc1cccs1. The Labute approximate surface area is 144 Å². The number of rotatable bonds is 6. The summed E-state index contributed by atoms with van der Waals surface area (Å²) in [5.74, 6) is 1.38. The third kappa shape index (κ3) is 4.33. The fourth-order valence-electron chi connectivity index (χ4n) is 2.37. The lowest BCUT2D eigenvalue weighted by molar-refractivity contribution is 0.562. The van der Waals surface area contributed by atoms with Crippen molar-refractivity contribution in [2.24, 2.45) is 10.9 Å². The van der Waals surface area contributed by atoms with Crippen LogP contribution in [0.4, 0.5) is 0 Å². The minimum atomic E-state index is 0.560. The van der Waals surface area contributed by atoms with Gasteiger partial charge in [0, 0.05) is 36.2 Å². The van der Waals surface area contributed by atoms with Gasteiger partial charge in [-0.05, 0) is 23.8 Å². The molecule has 2 N–H and O–H groups in total. The van der Waals surface area contributed by atoms with Crippen LogP contribution in [0.3, 0.4) is 0 Å². The van der Waals surface area contributed by atoms with E-state index in [9.17, 15) is 0 Å². The average molecular weight is 348 g/mol. The molecule has 3 aromatic rings. The molecule has 0 saturated carbocycles. The topological polar surface area (TPSA) is 53.7 Å². The summed E-state index contributed by atoms with van der Waals surface area (Å²) in [7, 11) is 1.80. The van der Waals surface area contributed by atoms with Crippen molar-refractivity contribution in [3.05, 3.63) is 45.9 Å². The molecule has 0 radical (unpaired) electrons. The number of hydrogen-bond donors (Lipinski definition) is 2. The molecule has 0 spiro atoms. The van der Waals surface area contributed by atoms with Gasteiger partial charge in [0.05, 0.1) is 12.2 Å². The van der Waals surface area contributed by atoms with Gasteiger partial charge in [-0.15, -0.1) is 22.7 Å². The monoisotopic (exact) mass is 347 g/mol. The highest BCUT2D eigenvalue weighted by Gasteiger charge is 2.07. The van der Waals surface area contributed by atoms with Crippen LogP contribution in [0.1, 0.15) is 17.5 Å². The van der Waals surface area contributed by atoms with Gasteiger partial charge < -0.3 is 10.6 Å². The van der Waals surface area contributed by atoms with Crippen LogP contribution in [0.5, 0.6) is 0 Å². The zero-order valence-electron chi connectivity index (χ0n) is 13.3. The molecule has 1 unspecified atom stereocenters. The molecule has 5 nitrogen and oxygen atoms in total. The van der Waals surface area contributed by atoms with Gasteiger partial charge in [0.15, 0.2) is 10.9 Å². The van der Waals surface area contributed by atoms with E-state index in [1.807, 2.05) is 33.5 Å². The molecular weight excluding hydrogens is 326 g/mol. The van der Waals surface area contributed by atoms with Gasteiger partial charge in [0.2, 0.25) is 0 Å². The van der Waals surface area contributed by atoms with Crippen LogP contribution in [0.15, 0.2) is 40.3 Å². The van der Waals surface area contributed by atoms with Crippen LogP contribution in [0.25, 0.3) is 4.96 Å². The first kappa shape index (κ1) is 16.0. The Morgan fingerprint density at radius 1 is 1.35 bits per heavy atom. The summed E-state index contributed by atoms with van der Waals surface area (Å²) in [6.45, 7) is 3.83. The van der Waals surface area contributed by atoms with E-state index in [0.29, 0.717) is 12.5 Å². The molecule has 3 heterocycles. The third-order valence-electron chi connectivity index (χ3n) is 3.55. The second-order valence-electron chi connectivity index (χ2n) is 5.52. The second-order valence-corrected chi connectivity index (χ2v) is 7.43. The average Bonchev–Trinajstić information content (AvgIpc) is 3.24. The molecule has 0 fully saturated rings. The van der Waals surface area contributed by atoms with E-state index in [0.717, 1.165) is 29.6 Å². The molecule has 0 bridgehead atoms. The fraction of sp³-hybridized carbons (Fsp3) is 0.375. The number of aliphatic imine (C=N–C) groups is 1.